The molecule has 7 nitrogen and oxygen atoms in total. The first-order valence-corrected chi connectivity index (χ1v) is 14.2. The smallest absolute Gasteiger partial charge is 0.264 e. The van der Waals surface area contributed by atoms with Gasteiger partial charge in [-0.05, 0) is 76.6 Å². The summed E-state index contributed by atoms with van der Waals surface area (Å²) in [5.41, 5.74) is 3.18. The summed E-state index contributed by atoms with van der Waals surface area (Å²) in [6.45, 7) is 8.85. The average Bonchev–Trinajstić information content (AvgIpc) is 2.87. The third-order valence-electron chi connectivity index (χ3n) is 6.07. The monoisotopic (exact) mass is 555 g/mol. The molecule has 0 saturated carbocycles. The van der Waals surface area contributed by atoms with Gasteiger partial charge in [0.15, 0.2) is 0 Å². The number of nitrogens with one attached hydrogen (secondary N) is 1. The number of carbonyl (C=O) groups excluding carboxylic acids is 2. The van der Waals surface area contributed by atoms with E-state index in [-0.39, 0.29) is 23.4 Å². The molecule has 1 atom stereocenters. The number of sulfonamides is 1. The number of nitrogens with zero attached hydrogens (tertiary/aromatic N) is 2. The molecule has 9 heteroatoms. The van der Waals surface area contributed by atoms with Crippen molar-refractivity contribution in [3.05, 3.63) is 94.5 Å². The van der Waals surface area contributed by atoms with Crippen molar-refractivity contribution in [2.24, 2.45) is 0 Å². The zero-order chi connectivity index (χ0) is 28.0. The standard InChI is InChI=1S/C29H34ClN3O4S/c1-20(2)31-29(35)23(5)32(18-24-10-6-21(3)7-11-24)28(34)19-33(26-14-8-22(4)9-15-26)38(36,37)27-16-12-25(30)13-17-27/h6-17,20,23H,18-19H2,1-5H3,(H,31,35)/t23-/m1/s1. The molecule has 0 aliphatic heterocycles. The van der Waals surface area contributed by atoms with Gasteiger partial charge in [0.1, 0.15) is 12.6 Å². The van der Waals surface area contributed by atoms with Crippen LogP contribution in [0, 0.1) is 13.8 Å². The van der Waals surface area contributed by atoms with E-state index < -0.39 is 28.5 Å². The van der Waals surface area contributed by atoms with Crippen LogP contribution in [0.3, 0.4) is 0 Å². The van der Waals surface area contributed by atoms with Crippen LogP contribution in [0.15, 0.2) is 77.7 Å². The predicted molar refractivity (Wildman–Crippen MR) is 152 cm³/mol. The number of benzene rings is 3. The summed E-state index contributed by atoms with van der Waals surface area (Å²) in [7, 11) is -4.13. The van der Waals surface area contributed by atoms with Gasteiger partial charge in [0, 0.05) is 17.6 Å². The van der Waals surface area contributed by atoms with Crippen molar-refractivity contribution in [2.45, 2.75) is 58.1 Å². The fraction of sp³-hybridized carbons (Fsp3) is 0.310. The maximum Gasteiger partial charge on any atom is 0.264 e. The molecule has 38 heavy (non-hydrogen) atoms. The third kappa shape index (κ3) is 7.36. The highest BCUT2D eigenvalue weighted by Gasteiger charge is 2.32. The molecule has 0 bridgehead atoms. The second-order valence-corrected chi connectivity index (χ2v) is 11.9. The molecular formula is C29H34ClN3O4S. The number of amides is 2. The summed E-state index contributed by atoms with van der Waals surface area (Å²) < 4.78 is 28.6. The SMILES string of the molecule is Cc1ccc(CN(C(=O)CN(c2ccc(C)cc2)S(=O)(=O)c2ccc(Cl)cc2)[C@H](C)C(=O)NC(C)C)cc1. The number of anilines is 1. The molecule has 2 amide bonds. The van der Waals surface area contributed by atoms with Crippen molar-refractivity contribution in [3.63, 3.8) is 0 Å². The largest absolute Gasteiger partial charge is 0.352 e. The number of hydrogen-bond donors (Lipinski definition) is 1. The van der Waals surface area contributed by atoms with Gasteiger partial charge in [-0.15, -0.1) is 0 Å². The van der Waals surface area contributed by atoms with Crippen LogP contribution in [-0.2, 0) is 26.2 Å². The lowest BCUT2D eigenvalue weighted by atomic mass is 10.1. The van der Waals surface area contributed by atoms with Crippen LogP contribution in [0.1, 0.15) is 37.5 Å². The van der Waals surface area contributed by atoms with Crippen LogP contribution in [0.5, 0.6) is 0 Å². The molecule has 3 rings (SSSR count). The highest BCUT2D eigenvalue weighted by Crippen LogP contribution is 2.26. The highest BCUT2D eigenvalue weighted by atomic mass is 35.5. The van der Waals surface area contributed by atoms with Crippen LogP contribution >= 0.6 is 11.6 Å². The Balaban J connectivity index is 2.02. The van der Waals surface area contributed by atoms with Gasteiger partial charge in [0.05, 0.1) is 10.6 Å². The Hall–Kier alpha value is -3.36. The van der Waals surface area contributed by atoms with Gasteiger partial charge < -0.3 is 10.2 Å². The van der Waals surface area contributed by atoms with Crippen LogP contribution in [-0.4, -0.2) is 43.8 Å². The number of halogens is 1. The van der Waals surface area contributed by atoms with E-state index in [2.05, 4.69) is 5.32 Å². The van der Waals surface area contributed by atoms with E-state index in [1.807, 2.05) is 52.0 Å². The first-order chi connectivity index (χ1) is 17.9. The van der Waals surface area contributed by atoms with E-state index in [1.54, 1.807) is 31.2 Å². The van der Waals surface area contributed by atoms with Gasteiger partial charge in [-0.2, -0.15) is 0 Å². The lowest BCUT2D eigenvalue weighted by Crippen LogP contribution is -2.52. The second kappa shape index (κ2) is 12.5. The van der Waals surface area contributed by atoms with E-state index in [0.717, 1.165) is 21.0 Å². The summed E-state index contributed by atoms with van der Waals surface area (Å²) in [5, 5.41) is 3.25. The fourth-order valence-corrected chi connectivity index (χ4v) is 5.39. The van der Waals surface area contributed by atoms with Crippen LogP contribution in [0.25, 0.3) is 0 Å². The van der Waals surface area contributed by atoms with Crippen molar-refractivity contribution < 1.29 is 18.0 Å². The van der Waals surface area contributed by atoms with Gasteiger partial charge in [0.2, 0.25) is 11.8 Å². The summed E-state index contributed by atoms with van der Waals surface area (Å²) in [4.78, 5) is 28.2. The molecule has 0 aromatic heterocycles. The Morgan fingerprint density at radius 1 is 0.842 bits per heavy atom. The molecule has 202 valence electrons. The van der Waals surface area contributed by atoms with Crippen LogP contribution < -0.4 is 9.62 Å². The van der Waals surface area contributed by atoms with Crippen molar-refractivity contribution in [2.75, 3.05) is 10.8 Å². The Morgan fingerprint density at radius 3 is 1.89 bits per heavy atom. The summed E-state index contributed by atoms with van der Waals surface area (Å²) >= 11 is 5.98. The Bertz CT molecular complexity index is 1360. The fourth-order valence-electron chi connectivity index (χ4n) is 3.85. The summed E-state index contributed by atoms with van der Waals surface area (Å²) in [6, 6.07) is 19.4. The molecule has 3 aromatic carbocycles. The first-order valence-electron chi connectivity index (χ1n) is 12.4. The molecule has 0 radical (unpaired) electrons. The third-order valence-corrected chi connectivity index (χ3v) is 8.11. The van der Waals surface area contributed by atoms with Crippen LogP contribution in [0.2, 0.25) is 5.02 Å². The quantitative estimate of drug-likeness (QED) is 0.377. The molecule has 1 N–H and O–H groups in total. The van der Waals surface area contributed by atoms with Gasteiger partial charge >= 0.3 is 0 Å². The zero-order valence-corrected chi connectivity index (χ0v) is 23.9. The zero-order valence-electron chi connectivity index (χ0n) is 22.3. The second-order valence-electron chi connectivity index (χ2n) is 9.65. The number of rotatable bonds is 10. The van der Waals surface area contributed by atoms with Gasteiger partial charge in [-0.25, -0.2) is 8.42 Å². The topological polar surface area (TPSA) is 86.8 Å². The maximum absolute atomic E-state index is 13.8. The number of aryl methyl sites for hydroxylation is 2. The normalized spacial score (nSPS) is 12.2. The Kier molecular flexibility index (Phi) is 9.57. The first kappa shape index (κ1) is 29.2. The minimum atomic E-state index is -4.13. The van der Waals surface area contributed by atoms with Crippen molar-refractivity contribution in [1.29, 1.82) is 0 Å². The lowest BCUT2D eigenvalue weighted by molar-refractivity contribution is -0.139. The minimum Gasteiger partial charge on any atom is -0.352 e. The molecule has 0 aliphatic rings. The van der Waals surface area contributed by atoms with Crippen molar-refractivity contribution in [3.8, 4) is 0 Å². The molecule has 0 heterocycles. The molecule has 0 spiro atoms. The Labute approximate surface area is 230 Å². The number of hydrogen-bond acceptors (Lipinski definition) is 4. The molecule has 0 aliphatic carbocycles. The number of carbonyl (C=O) groups is 2. The average molecular weight is 556 g/mol. The molecular weight excluding hydrogens is 522 g/mol. The van der Waals surface area contributed by atoms with E-state index in [0.29, 0.717) is 10.7 Å². The summed E-state index contributed by atoms with van der Waals surface area (Å²) in [6.07, 6.45) is 0. The van der Waals surface area contributed by atoms with E-state index in [1.165, 1.54) is 29.2 Å². The molecule has 3 aromatic rings. The molecule has 0 unspecified atom stereocenters. The van der Waals surface area contributed by atoms with Crippen LogP contribution in [0.4, 0.5) is 5.69 Å². The van der Waals surface area contributed by atoms with Crippen molar-refractivity contribution in [1.82, 2.24) is 10.2 Å². The van der Waals surface area contributed by atoms with E-state index in [9.17, 15) is 18.0 Å². The minimum absolute atomic E-state index is 0.00552. The van der Waals surface area contributed by atoms with Crippen molar-refractivity contribution >= 4 is 39.1 Å². The molecule has 0 fully saturated rings. The lowest BCUT2D eigenvalue weighted by Gasteiger charge is -2.32. The van der Waals surface area contributed by atoms with E-state index in [4.69, 9.17) is 11.6 Å². The highest BCUT2D eigenvalue weighted by molar-refractivity contribution is 7.92. The predicted octanol–water partition coefficient (Wildman–Crippen LogP) is 5.09. The van der Waals surface area contributed by atoms with E-state index >= 15 is 0 Å². The van der Waals surface area contributed by atoms with Gasteiger partial charge in [0.25, 0.3) is 10.0 Å². The molecule has 0 saturated heterocycles. The van der Waals surface area contributed by atoms with Gasteiger partial charge in [-0.1, -0.05) is 59.1 Å². The van der Waals surface area contributed by atoms with Gasteiger partial charge in [-0.3, -0.25) is 13.9 Å². The summed E-state index contributed by atoms with van der Waals surface area (Å²) in [5.74, 6) is -0.821. The Morgan fingerprint density at radius 2 is 1.37 bits per heavy atom. The maximum atomic E-state index is 13.8.